The number of carbonyl (C=O) groups excluding carboxylic acids is 3. The first-order valence-corrected chi connectivity index (χ1v) is 10.7. The van der Waals surface area contributed by atoms with Crippen molar-refractivity contribution in [1.82, 2.24) is 15.8 Å². The van der Waals surface area contributed by atoms with E-state index in [1.165, 1.54) is 18.3 Å². The van der Waals surface area contributed by atoms with E-state index in [2.05, 4.69) is 27.2 Å². The number of benzene rings is 1. The second-order valence-electron chi connectivity index (χ2n) is 7.78. The zero-order valence-electron chi connectivity index (χ0n) is 18.1. The van der Waals surface area contributed by atoms with E-state index < -0.39 is 17.8 Å². The summed E-state index contributed by atoms with van der Waals surface area (Å²) in [4.78, 5) is 38.6. The van der Waals surface area contributed by atoms with E-state index in [4.69, 9.17) is 9.47 Å². The van der Waals surface area contributed by atoms with Crippen molar-refractivity contribution in [3.05, 3.63) is 46.5 Å². The molecule has 2 rings (SSSR count). The Balaban J connectivity index is 1.72. The summed E-state index contributed by atoms with van der Waals surface area (Å²) in [7, 11) is 0. The zero-order valence-corrected chi connectivity index (χ0v) is 18.9. The number of hydrogen-bond acceptors (Lipinski definition) is 7. The number of carbonyl (C=O) groups is 3. The SMILES string of the molecule is CC(=O)Nc1nc(CCc2cccc(CCOC(=O)NNC(=O)OC(C)(C)C)c2)cs1. The highest BCUT2D eigenvalue weighted by atomic mass is 32.1. The predicted octanol–water partition coefficient (Wildman–Crippen LogP) is 3.60. The number of hydrazine groups is 1. The molecule has 31 heavy (non-hydrogen) atoms. The highest BCUT2D eigenvalue weighted by molar-refractivity contribution is 7.13. The molecule has 0 saturated carbocycles. The molecular formula is C21H28N4O5S. The van der Waals surface area contributed by atoms with Gasteiger partial charge in [-0.25, -0.2) is 25.4 Å². The minimum Gasteiger partial charge on any atom is -0.448 e. The Kier molecular flexibility index (Phi) is 8.80. The molecule has 3 amide bonds. The van der Waals surface area contributed by atoms with Gasteiger partial charge in [-0.05, 0) is 44.7 Å². The average molecular weight is 449 g/mol. The van der Waals surface area contributed by atoms with Gasteiger partial charge in [0.05, 0.1) is 12.3 Å². The molecule has 2 aromatic rings. The van der Waals surface area contributed by atoms with Gasteiger partial charge in [-0.3, -0.25) is 4.79 Å². The Hall–Kier alpha value is -3.14. The van der Waals surface area contributed by atoms with Crippen molar-refractivity contribution >= 4 is 34.6 Å². The van der Waals surface area contributed by atoms with Crippen LogP contribution in [0, 0.1) is 0 Å². The standard InChI is InChI=1S/C21H28N4O5S/c1-14(26)22-18-23-17(13-31-18)9-8-15-6-5-7-16(12-15)10-11-29-19(27)24-25-20(28)30-21(2,3)4/h5-7,12-13H,8-11H2,1-4H3,(H,24,27)(H,25,28)(H,22,23,26). The van der Waals surface area contributed by atoms with E-state index in [-0.39, 0.29) is 12.5 Å². The summed E-state index contributed by atoms with van der Waals surface area (Å²) in [6, 6.07) is 8.00. The summed E-state index contributed by atoms with van der Waals surface area (Å²) < 4.78 is 10.1. The molecule has 0 aliphatic rings. The number of hydrogen-bond donors (Lipinski definition) is 3. The lowest BCUT2D eigenvalue weighted by molar-refractivity contribution is -0.114. The van der Waals surface area contributed by atoms with Crippen LogP contribution in [-0.4, -0.2) is 35.3 Å². The summed E-state index contributed by atoms with van der Waals surface area (Å²) >= 11 is 1.41. The number of thiazole rings is 1. The lowest BCUT2D eigenvalue weighted by Crippen LogP contribution is -2.44. The number of nitrogens with one attached hydrogen (secondary N) is 3. The first kappa shape index (κ1) is 24.1. The molecule has 0 fully saturated rings. The highest BCUT2D eigenvalue weighted by Gasteiger charge is 2.16. The van der Waals surface area contributed by atoms with Crippen LogP contribution in [0.1, 0.15) is 44.5 Å². The second kappa shape index (κ2) is 11.3. The van der Waals surface area contributed by atoms with Gasteiger partial charge in [-0.15, -0.1) is 11.3 Å². The number of amides is 3. The Morgan fingerprint density at radius 1 is 1.03 bits per heavy atom. The molecule has 1 heterocycles. The maximum absolute atomic E-state index is 11.7. The molecule has 0 aliphatic heterocycles. The maximum Gasteiger partial charge on any atom is 0.426 e. The molecule has 168 valence electrons. The minimum atomic E-state index is -0.763. The Bertz CT molecular complexity index is 907. The van der Waals surface area contributed by atoms with Crippen LogP contribution in [0.5, 0.6) is 0 Å². The molecule has 1 aromatic heterocycles. The molecule has 0 radical (unpaired) electrons. The summed E-state index contributed by atoms with van der Waals surface area (Å²) in [5, 5.41) is 5.22. The minimum absolute atomic E-state index is 0.134. The molecular weight excluding hydrogens is 420 g/mol. The van der Waals surface area contributed by atoms with Gasteiger partial charge in [-0.2, -0.15) is 0 Å². The number of aromatic nitrogens is 1. The molecule has 0 spiro atoms. The van der Waals surface area contributed by atoms with Gasteiger partial charge in [0.2, 0.25) is 5.91 Å². The van der Waals surface area contributed by atoms with Gasteiger partial charge in [0.15, 0.2) is 5.13 Å². The molecule has 10 heteroatoms. The lowest BCUT2D eigenvalue weighted by Gasteiger charge is -2.19. The van der Waals surface area contributed by atoms with Crippen LogP contribution in [0.3, 0.4) is 0 Å². The average Bonchev–Trinajstić information content (AvgIpc) is 3.10. The van der Waals surface area contributed by atoms with E-state index in [0.717, 1.165) is 29.7 Å². The zero-order chi connectivity index (χ0) is 22.9. The maximum atomic E-state index is 11.7. The number of rotatable bonds is 7. The van der Waals surface area contributed by atoms with Crippen LogP contribution in [0.25, 0.3) is 0 Å². The molecule has 3 N–H and O–H groups in total. The normalized spacial score (nSPS) is 10.8. The third-order valence-corrected chi connectivity index (χ3v) is 4.59. The van der Waals surface area contributed by atoms with Crippen LogP contribution in [-0.2, 0) is 33.5 Å². The van der Waals surface area contributed by atoms with Crippen molar-refractivity contribution < 1.29 is 23.9 Å². The van der Waals surface area contributed by atoms with Crippen LogP contribution in [0.15, 0.2) is 29.6 Å². The van der Waals surface area contributed by atoms with Gasteiger partial charge in [0, 0.05) is 18.7 Å². The van der Waals surface area contributed by atoms with Crippen LogP contribution < -0.4 is 16.2 Å². The van der Waals surface area contributed by atoms with Crippen molar-refractivity contribution in [2.75, 3.05) is 11.9 Å². The van der Waals surface area contributed by atoms with Gasteiger partial charge in [0.25, 0.3) is 0 Å². The third-order valence-electron chi connectivity index (χ3n) is 3.79. The summed E-state index contributed by atoms with van der Waals surface area (Å²) in [6.45, 7) is 6.78. The Labute approximate surface area is 185 Å². The molecule has 9 nitrogen and oxygen atoms in total. The van der Waals surface area contributed by atoms with Crippen molar-refractivity contribution in [2.45, 2.75) is 52.6 Å². The number of nitrogens with zero attached hydrogens (tertiary/aromatic N) is 1. The van der Waals surface area contributed by atoms with E-state index >= 15 is 0 Å². The van der Waals surface area contributed by atoms with Gasteiger partial charge in [-0.1, -0.05) is 24.3 Å². The molecule has 0 aliphatic carbocycles. The quantitative estimate of drug-likeness (QED) is 0.557. The second-order valence-corrected chi connectivity index (χ2v) is 8.64. The predicted molar refractivity (Wildman–Crippen MR) is 118 cm³/mol. The number of aryl methyl sites for hydroxylation is 2. The lowest BCUT2D eigenvalue weighted by atomic mass is 10.0. The molecule has 0 bridgehead atoms. The van der Waals surface area contributed by atoms with Gasteiger partial charge in [0.1, 0.15) is 5.60 Å². The largest absolute Gasteiger partial charge is 0.448 e. The monoisotopic (exact) mass is 448 g/mol. The first-order chi connectivity index (χ1) is 14.6. The van der Waals surface area contributed by atoms with Gasteiger partial charge < -0.3 is 14.8 Å². The van der Waals surface area contributed by atoms with E-state index in [1.54, 1.807) is 20.8 Å². The molecule has 0 unspecified atom stereocenters. The summed E-state index contributed by atoms with van der Waals surface area (Å²) in [6.07, 6.45) is 0.575. The van der Waals surface area contributed by atoms with Gasteiger partial charge >= 0.3 is 12.2 Å². The topological polar surface area (TPSA) is 119 Å². The number of anilines is 1. The fraction of sp³-hybridized carbons (Fsp3) is 0.429. The van der Waals surface area contributed by atoms with E-state index in [1.807, 2.05) is 23.6 Å². The Morgan fingerprint density at radius 2 is 1.71 bits per heavy atom. The van der Waals surface area contributed by atoms with Crippen LogP contribution in [0.2, 0.25) is 0 Å². The van der Waals surface area contributed by atoms with E-state index in [9.17, 15) is 14.4 Å². The van der Waals surface area contributed by atoms with Crippen molar-refractivity contribution in [3.8, 4) is 0 Å². The number of ether oxygens (including phenoxy) is 2. The van der Waals surface area contributed by atoms with E-state index in [0.29, 0.717) is 11.6 Å². The van der Waals surface area contributed by atoms with Crippen LogP contribution in [0.4, 0.5) is 14.7 Å². The first-order valence-electron chi connectivity index (χ1n) is 9.82. The van der Waals surface area contributed by atoms with Crippen molar-refractivity contribution in [1.29, 1.82) is 0 Å². The summed E-state index contributed by atoms with van der Waals surface area (Å²) in [5.74, 6) is -0.134. The summed E-state index contributed by atoms with van der Waals surface area (Å²) in [5.41, 5.74) is 6.70. The Morgan fingerprint density at radius 3 is 2.39 bits per heavy atom. The molecule has 0 atom stereocenters. The highest BCUT2D eigenvalue weighted by Crippen LogP contribution is 2.17. The smallest absolute Gasteiger partial charge is 0.426 e. The van der Waals surface area contributed by atoms with Crippen molar-refractivity contribution in [3.63, 3.8) is 0 Å². The molecule has 0 saturated heterocycles. The fourth-order valence-electron chi connectivity index (χ4n) is 2.55. The van der Waals surface area contributed by atoms with Crippen molar-refractivity contribution in [2.24, 2.45) is 0 Å². The fourth-order valence-corrected chi connectivity index (χ4v) is 3.34. The van der Waals surface area contributed by atoms with Crippen LogP contribution >= 0.6 is 11.3 Å². The molecule has 1 aromatic carbocycles. The third kappa shape index (κ3) is 9.94.